The van der Waals surface area contributed by atoms with Crippen LogP contribution in [0.25, 0.3) is 0 Å². The Labute approximate surface area is 186 Å². The molecule has 1 aromatic rings. The molecule has 8 nitrogen and oxygen atoms in total. The van der Waals surface area contributed by atoms with E-state index >= 15 is 0 Å². The van der Waals surface area contributed by atoms with Gasteiger partial charge in [-0.25, -0.2) is 4.79 Å². The lowest BCUT2D eigenvalue weighted by Gasteiger charge is -2.50. The van der Waals surface area contributed by atoms with E-state index in [0.29, 0.717) is 23.5 Å². The molecule has 10 atom stereocenters. The van der Waals surface area contributed by atoms with E-state index < -0.39 is 36.7 Å². The number of ether oxygens (including phenoxy) is 2. The number of hydrogen-bond acceptors (Lipinski definition) is 7. The van der Waals surface area contributed by atoms with Crippen molar-refractivity contribution in [2.75, 3.05) is 0 Å². The van der Waals surface area contributed by atoms with Crippen LogP contribution in [0.2, 0.25) is 0 Å². The molecule has 2 saturated carbocycles. The van der Waals surface area contributed by atoms with E-state index in [0.717, 1.165) is 38.5 Å². The zero-order valence-electron chi connectivity index (χ0n) is 18.1. The number of benzene rings is 1. The van der Waals surface area contributed by atoms with E-state index in [2.05, 4.69) is 6.92 Å². The van der Waals surface area contributed by atoms with Gasteiger partial charge in [-0.05, 0) is 85.0 Å². The summed E-state index contributed by atoms with van der Waals surface area (Å²) in [6, 6.07) is 5.75. The smallest absolute Gasteiger partial charge is 0.335 e. The van der Waals surface area contributed by atoms with E-state index in [4.69, 9.17) is 9.47 Å². The minimum Gasteiger partial charge on any atom is -0.479 e. The molecule has 3 fully saturated rings. The first-order valence-corrected chi connectivity index (χ1v) is 11.6. The van der Waals surface area contributed by atoms with Crippen molar-refractivity contribution in [2.24, 2.45) is 17.3 Å². The monoisotopic (exact) mass is 448 g/mol. The predicted molar refractivity (Wildman–Crippen MR) is 112 cm³/mol. The highest BCUT2D eigenvalue weighted by Gasteiger charge is 2.54. The molecular formula is C24H32O8. The number of hydrogen-bond donors (Lipinski definition) is 5. The van der Waals surface area contributed by atoms with E-state index in [1.54, 1.807) is 6.07 Å². The fourth-order valence-corrected chi connectivity index (χ4v) is 6.89. The van der Waals surface area contributed by atoms with Crippen molar-refractivity contribution in [1.82, 2.24) is 0 Å². The molecule has 32 heavy (non-hydrogen) atoms. The molecular weight excluding hydrogens is 416 g/mol. The standard InChI is InChI=1S/C24H32O8/c1-24-9-8-14-13-5-3-12(10-11(13)2-4-15(14)16(24)6-7-17(24)25)31-23-20(28)18(26)19(27)21(32-23)22(29)30/h3,5,10,14-21,23,25-28H,2,4,6-9H2,1H3,(H,29,30)/t14-,15-,16+,17+,18?,19+,20?,21?,23?,24+/m1/s1. The third-order valence-corrected chi connectivity index (χ3v) is 8.71. The van der Waals surface area contributed by atoms with Crippen LogP contribution in [0.1, 0.15) is 56.1 Å². The Balaban J connectivity index is 1.34. The van der Waals surface area contributed by atoms with Crippen molar-refractivity contribution in [3.8, 4) is 5.75 Å². The summed E-state index contributed by atoms with van der Waals surface area (Å²) < 4.78 is 11.0. The van der Waals surface area contributed by atoms with Gasteiger partial charge in [-0.3, -0.25) is 0 Å². The second kappa shape index (κ2) is 7.95. The number of fused-ring (bicyclic) bond motifs is 5. The fourth-order valence-electron chi connectivity index (χ4n) is 6.89. The average Bonchev–Trinajstić information content (AvgIpc) is 3.08. The molecule has 0 radical (unpaired) electrons. The summed E-state index contributed by atoms with van der Waals surface area (Å²) in [5, 5.41) is 49.8. The summed E-state index contributed by atoms with van der Waals surface area (Å²) >= 11 is 0. The van der Waals surface area contributed by atoms with Gasteiger partial charge in [0, 0.05) is 0 Å². The Morgan fingerprint density at radius 2 is 1.84 bits per heavy atom. The van der Waals surface area contributed by atoms with Crippen molar-refractivity contribution in [2.45, 2.75) is 88.2 Å². The molecule has 4 unspecified atom stereocenters. The van der Waals surface area contributed by atoms with Crippen LogP contribution in [-0.2, 0) is 16.0 Å². The maximum atomic E-state index is 11.3. The fraction of sp³-hybridized carbons (Fsp3) is 0.708. The lowest BCUT2D eigenvalue weighted by molar-refractivity contribution is -0.271. The second-order valence-corrected chi connectivity index (χ2v) is 10.3. The van der Waals surface area contributed by atoms with Gasteiger partial charge < -0.3 is 35.0 Å². The lowest BCUT2D eigenvalue weighted by atomic mass is 9.55. The Morgan fingerprint density at radius 3 is 2.59 bits per heavy atom. The molecule has 176 valence electrons. The van der Waals surface area contributed by atoms with Gasteiger partial charge in [0.2, 0.25) is 6.29 Å². The number of carbonyl (C=O) groups is 1. The molecule has 0 bridgehead atoms. The van der Waals surface area contributed by atoms with Crippen LogP contribution < -0.4 is 4.74 Å². The van der Waals surface area contributed by atoms with Crippen LogP contribution in [0.4, 0.5) is 0 Å². The predicted octanol–water partition coefficient (Wildman–Crippen LogP) is 1.17. The highest BCUT2D eigenvalue weighted by atomic mass is 16.7. The largest absolute Gasteiger partial charge is 0.479 e. The van der Waals surface area contributed by atoms with Crippen molar-refractivity contribution >= 4 is 5.97 Å². The molecule has 8 heteroatoms. The van der Waals surface area contributed by atoms with Gasteiger partial charge in [-0.15, -0.1) is 0 Å². The minimum absolute atomic E-state index is 0.0300. The Kier molecular flexibility index (Phi) is 5.49. The first kappa shape index (κ1) is 22.1. The van der Waals surface area contributed by atoms with Gasteiger partial charge in [-0.2, -0.15) is 0 Å². The van der Waals surface area contributed by atoms with Crippen molar-refractivity contribution in [1.29, 1.82) is 0 Å². The first-order valence-electron chi connectivity index (χ1n) is 11.6. The van der Waals surface area contributed by atoms with Gasteiger partial charge in [0.15, 0.2) is 6.10 Å². The van der Waals surface area contributed by atoms with Crippen LogP contribution >= 0.6 is 0 Å². The number of carboxylic acid groups (broad SMARTS) is 1. The van der Waals surface area contributed by atoms with Gasteiger partial charge in [-0.1, -0.05) is 13.0 Å². The molecule has 1 saturated heterocycles. The summed E-state index contributed by atoms with van der Waals surface area (Å²) in [5.74, 6) is 0.570. The summed E-state index contributed by atoms with van der Waals surface area (Å²) in [5.41, 5.74) is 2.51. The number of rotatable bonds is 3. The number of aliphatic carboxylic acids is 1. The molecule has 1 aromatic carbocycles. The Hall–Kier alpha value is -1.71. The average molecular weight is 449 g/mol. The minimum atomic E-state index is -1.74. The van der Waals surface area contributed by atoms with E-state index in [9.17, 15) is 30.3 Å². The van der Waals surface area contributed by atoms with Gasteiger partial charge >= 0.3 is 5.97 Å². The third kappa shape index (κ3) is 3.35. The summed E-state index contributed by atoms with van der Waals surface area (Å²) in [4.78, 5) is 11.3. The molecule has 3 aliphatic carbocycles. The summed E-state index contributed by atoms with van der Waals surface area (Å²) in [6.45, 7) is 2.25. The Bertz CT molecular complexity index is 889. The first-order chi connectivity index (χ1) is 15.2. The number of carboxylic acids is 1. The van der Waals surface area contributed by atoms with Crippen LogP contribution in [0.3, 0.4) is 0 Å². The molecule has 5 rings (SSSR count). The molecule has 5 N–H and O–H groups in total. The molecule has 0 amide bonds. The quantitative estimate of drug-likeness (QED) is 0.465. The summed E-state index contributed by atoms with van der Waals surface area (Å²) in [7, 11) is 0. The molecule has 1 aliphatic heterocycles. The third-order valence-electron chi connectivity index (χ3n) is 8.71. The SMILES string of the molecule is C[C@]12CC[C@@H]3c4ccc(OC5OC(C(=O)O)[C@@H](O)C(O)C5O)cc4CC[C@H]3[C@@H]1CC[C@@H]2O. The number of aliphatic hydroxyl groups excluding tert-OH is 4. The molecule has 0 aromatic heterocycles. The maximum absolute atomic E-state index is 11.3. The Morgan fingerprint density at radius 1 is 1.06 bits per heavy atom. The number of aliphatic hydroxyl groups is 4. The lowest BCUT2D eigenvalue weighted by Crippen LogP contribution is -2.61. The van der Waals surface area contributed by atoms with Gasteiger partial charge in [0.25, 0.3) is 0 Å². The zero-order chi connectivity index (χ0) is 22.8. The van der Waals surface area contributed by atoms with Gasteiger partial charge in [0.05, 0.1) is 6.10 Å². The van der Waals surface area contributed by atoms with E-state index in [1.165, 1.54) is 11.1 Å². The van der Waals surface area contributed by atoms with Crippen LogP contribution in [0.5, 0.6) is 5.75 Å². The summed E-state index contributed by atoms with van der Waals surface area (Å²) in [6.07, 6.45) is -2.28. The zero-order valence-corrected chi connectivity index (χ0v) is 18.1. The van der Waals surface area contributed by atoms with E-state index in [1.807, 2.05) is 12.1 Å². The normalized spacial score (nSPS) is 45.5. The molecule has 0 spiro atoms. The second-order valence-electron chi connectivity index (χ2n) is 10.3. The van der Waals surface area contributed by atoms with Gasteiger partial charge in [0.1, 0.15) is 24.1 Å². The van der Waals surface area contributed by atoms with E-state index in [-0.39, 0.29) is 11.5 Å². The maximum Gasteiger partial charge on any atom is 0.335 e. The molecule has 4 aliphatic rings. The van der Waals surface area contributed by atoms with Crippen LogP contribution in [0.15, 0.2) is 18.2 Å². The highest BCUT2D eigenvalue weighted by molar-refractivity contribution is 5.73. The highest BCUT2D eigenvalue weighted by Crippen LogP contribution is 2.60. The number of aryl methyl sites for hydroxylation is 1. The molecule has 1 heterocycles. The topological polar surface area (TPSA) is 137 Å². The van der Waals surface area contributed by atoms with Crippen molar-refractivity contribution < 1.29 is 39.8 Å². The van der Waals surface area contributed by atoms with Crippen LogP contribution in [0, 0.1) is 17.3 Å². The van der Waals surface area contributed by atoms with Crippen molar-refractivity contribution in [3.05, 3.63) is 29.3 Å². The van der Waals surface area contributed by atoms with Crippen molar-refractivity contribution in [3.63, 3.8) is 0 Å². The van der Waals surface area contributed by atoms with Crippen LogP contribution in [-0.4, -0.2) is 68.3 Å².